The van der Waals surface area contributed by atoms with Crippen molar-refractivity contribution in [1.29, 1.82) is 0 Å². The minimum atomic E-state index is -0.286. The van der Waals surface area contributed by atoms with Gasteiger partial charge in [-0.2, -0.15) is 0 Å². The van der Waals surface area contributed by atoms with Crippen LogP contribution in [0.1, 0.15) is 26.7 Å². The number of halogens is 1. The maximum atomic E-state index is 13.9. The zero-order valence-electron chi connectivity index (χ0n) is 14.8. The molecule has 2 rings (SSSR count). The van der Waals surface area contributed by atoms with Crippen LogP contribution in [0.3, 0.4) is 0 Å². The number of thiocarbonyl (C=S) groups is 1. The molecule has 0 aliphatic carbocycles. The van der Waals surface area contributed by atoms with Crippen LogP contribution in [0.2, 0.25) is 0 Å². The lowest BCUT2D eigenvalue weighted by Gasteiger charge is -2.39. The monoisotopic (exact) mass is 354 g/mol. The first-order valence-electron chi connectivity index (χ1n) is 8.68. The van der Waals surface area contributed by atoms with Crippen molar-refractivity contribution >= 4 is 23.0 Å². The summed E-state index contributed by atoms with van der Waals surface area (Å²) in [6.45, 7) is 8.16. The molecule has 0 spiro atoms. The van der Waals surface area contributed by atoms with Gasteiger partial charge >= 0.3 is 0 Å². The number of ether oxygens (including phenoxy) is 1. The molecule has 0 amide bonds. The lowest BCUT2D eigenvalue weighted by molar-refractivity contribution is -0.926. The number of nitrogens with one attached hydrogen (secondary N) is 2. The Morgan fingerprint density at radius 2 is 2.04 bits per heavy atom. The Bertz CT molecular complexity index is 533. The summed E-state index contributed by atoms with van der Waals surface area (Å²) < 4.78 is 19.1. The number of hydrogen-bond acceptors (Lipinski definition) is 2. The van der Waals surface area contributed by atoms with E-state index in [1.165, 1.54) is 6.07 Å². The van der Waals surface area contributed by atoms with Crippen LogP contribution in [0.25, 0.3) is 0 Å². The molecule has 0 aromatic heterocycles. The van der Waals surface area contributed by atoms with Crippen molar-refractivity contribution in [3.05, 3.63) is 30.1 Å². The van der Waals surface area contributed by atoms with E-state index in [0.717, 1.165) is 32.5 Å². The van der Waals surface area contributed by atoms with Gasteiger partial charge in [-0.25, -0.2) is 4.39 Å². The van der Waals surface area contributed by atoms with Crippen molar-refractivity contribution in [2.24, 2.45) is 0 Å². The molecule has 0 unspecified atom stereocenters. The van der Waals surface area contributed by atoms with Crippen LogP contribution in [0.5, 0.6) is 0 Å². The van der Waals surface area contributed by atoms with Gasteiger partial charge in [0.05, 0.1) is 31.4 Å². The van der Waals surface area contributed by atoms with E-state index >= 15 is 0 Å². The fourth-order valence-corrected chi connectivity index (χ4v) is 3.60. The van der Waals surface area contributed by atoms with E-state index in [4.69, 9.17) is 17.0 Å². The highest BCUT2D eigenvalue weighted by atomic mass is 32.1. The first kappa shape index (κ1) is 19.1. The Balaban J connectivity index is 2.02. The number of methoxy groups -OCH3 is 1. The fourth-order valence-electron chi connectivity index (χ4n) is 3.25. The number of anilines is 1. The molecule has 134 valence electrons. The third kappa shape index (κ3) is 5.13. The number of rotatable bonds is 6. The minimum absolute atomic E-state index is 0.286. The molecule has 1 aromatic carbocycles. The van der Waals surface area contributed by atoms with E-state index < -0.39 is 0 Å². The number of nitrogens with zero attached hydrogens (tertiary/aromatic N) is 1. The lowest BCUT2D eigenvalue weighted by atomic mass is 10.0. The fraction of sp³-hybridized carbons (Fsp3) is 0.611. The number of para-hydroxylation sites is 1. The molecule has 1 aliphatic rings. The van der Waals surface area contributed by atoms with Crippen LogP contribution >= 0.6 is 12.2 Å². The summed E-state index contributed by atoms with van der Waals surface area (Å²) in [5, 5.41) is 3.65. The molecular formula is C18H29FN3OS+. The van der Waals surface area contributed by atoms with Gasteiger partial charge in [0, 0.05) is 32.5 Å². The van der Waals surface area contributed by atoms with Gasteiger partial charge < -0.3 is 19.9 Å². The van der Waals surface area contributed by atoms with E-state index in [2.05, 4.69) is 24.1 Å². The summed E-state index contributed by atoms with van der Waals surface area (Å²) in [5.41, 5.74) is 0.426. The molecule has 2 N–H and O–H groups in total. The number of piperidine rings is 1. The number of hydrogen-bond donors (Lipinski definition) is 2. The second-order valence-electron chi connectivity index (χ2n) is 6.64. The van der Waals surface area contributed by atoms with Crippen molar-refractivity contribution in [1.82, 2.24) is 4.90 Å². The Hall–Kier alpha value is -1.24. The van der Waals surface area contributed by atoms with Crippen LogP contribution in [0.4, 0.5) is 10.1 Å². The van der Waals surface area contributed by atoms with Crippen LogP contribution in [-0.2, 0) is 4.74 Å². The van der Waals surface area contributed by atoms with Crippen molar-refractivity contribution < 1.29 is 14.0 Å². The van der Waals surface area contributed by atoms with E-state index in [-0.39, 0.29) is 5.82 Å². The van der Waals surface area contributed by atoms with E-state index in [0.29, 0.717) is 29.5 Å². The highest BCUT2D eigenvalue weighted by molar-refractivity contribution is 7.80. The van der Waals surface area contributed by atoms with Crippen molar-refractivity contribution in [3.63, 3.8) is 0 Å². The Kier molecular flexibility index (Phi) is 7.40. The van der Waals surface area contributed by atoms with E-state index in [1.54, 1.807) is 30.2 Å². The normalized spacial score (nSPS) is 20.9. The molecule has 1 aromatic rings. The van der Waals surface area contributed by atoms with Gasteiger partial charge in [-0.15, -0.1) is 0 Å². The molecule has 6 heteroatoms. The summed E-state index contributed by atoms with van der Waals surface area (Å²) in [7, 11) is 1.69. The smallest absolute Gasteiger partial charge is 0.173 e. The summed E-state index contributed by atoms with van der Waals surface area (Å²) >= 11 is 5.58. The number of benzene rings is 1. The first-order chi connectivity index (χ1) is 11.5. The summed E-state index contributed by atoms with van der Waals surface area (Å²) in [6.07, 6.45) is 2.19. The second kappa shape index (κ2) is 9.30. The quantitative estimate of drug-likeness (QED) is 0.764. The van der Waals surface area contributed by atoms with Crippen molar-refractivity contribution in [3.8, 4) is 0 Å². The molecule has 4 nitrogen and oxygen atoms in total. The molecular weight excluding hydrogens is 325 g/mol. The highest BCUT2D eigenvalue weighted by Gasteiger charge is 2.29. The molecule has 0 atom stereocenters. The second-order valence-corrected chi connectivity index (χ2v) is 7.03. The van der Waals surface area contributed by atoms with Crippen LogP contribution in [0, 0.1) is 5.82 Å². The predicted molar refractivity (Wildman–Crippen MR) is 100 cm³/mol. The molecule has 0 radical (unpaired) electrons. The SMILES string of the molecule is COCCN(C(=S)Nc1ccccc1F)C1CC[NH+](C(C)C)CC1. The van der Waals surface area contributed by atoms with Crippen molar-refractivity contribution in [2.75, 3.05) is 38.7 Å². The van der Waals surface area contributed by atoms with E-state index in [9.17, 15) is 4.39 Å². The molecule has 1 aliphatic heterocycles. The minimum Gasteiger partial charge on any atom is -0.383 e. The van der Waals surface area contributed by atoms with Gasteiger partial charge in [-0.3, -0.25) is 0 Å². The molecule has 1 heterocycles. The van der Waals surface area contributed by atoms with E-state index in [1.807, 2.05) is 0 Å². The van der Waals surface area contributed by atoms with Crippen molar-refractivity contribution in [2.45, 2.75) is 38.8 Å². The third-order valence-corrected chi connectivity index (χ3v) is 5.10. The lowest BCUT2D eigenvalue weighted by Crippen LogP contribution is -3.16. The summed E-state index contributed by atoms with van der Waals surface area (Å²) in [6, 6.07) is 7.67. The van der Waals surface area contributed by atoms with Gasteiger partial charge in [0.2, 0.25) is 0 Å². The predicted octanol–water partition coefficient (Wildman–Crippen LogP) is 1.93. The Morgan fingerprint density at radius 3 is 2.62 bits per heavy atom. The largest absolute Gasteiger partial charge is 0.383 e. The number of quaternary nitrogens is 1. The topological polar surface area (TPSA) is 28.9 Å². The summed E-state index contributed by atoms with van der Waals surface area (Å²) in [4.78, 5) is 3.81. The van der Waals surface area contributed by atoms with Crippen LogP contribution < -0.4 is 10.2 Å². The van der Waals surface area contributed by atoms with Gasteiger partial charge in [-0.1, -0.05) is 12.1 Å². The molecule has 0 bridgehead atoms. The molecule has 1 saturated heterocycles. The summed E-state index contributed by atoms with van der Waals surface area (Å²) in [5.74, 6) is -0.286. The standard InChI is InChI=1S/C18H28FN3OS/c1-14(2)21-10-8-15(9-11-21)22(12-13-23-3)18(24)20-17-7-5-4-6-16(17)19/h4-7,14-15H,8-13H2,1-3H3,(H,20,24)/p+1. The number of likely N-dealkylation sites (tertiary alicyclic amines) is 1. The molecule has 24 heavy (non-hydrogen) atoms. The third-order valence-electron chi connectivity index (χ3n) is 4.77. The molecule has 0 saturated carbocycles. The highest BCUT2D eigenvalue weighted by Crippen LogP contribution is 2.16. The maximum absolute atomic E-state index is 13.9. The average molecular weight is 355 g/mol. The molecule has 1 fully saturated rings. The van der Waals surface area contributed by atoms with Gasteiger partial charge in [0.1, 0.15) is 5.82 Å². The van der Waals surface area contributed by atoms with Crippen LogP contribution in [0.15, 0.2) is 24.3 Å². The average Bonchev–Trinajstić information content (AvgIpc) is 2.58. The Morgan fingerprint density at radius 1 is 1.38 bits per heavy atom. The van der Waals surface area contributed by atoms with Gasteiger partial charge in [0.25, 0.3) is 0 Å². The van der Waals surface area contributed by atoms with Gasteiger partial charge in [0.15, 0.2) is 5.11 Å². The van der Waals surface area contributed by atoms with Gasteiger partial charge in [-0.05, 0) is 38.2 Å². The maximum Gasteiger partial charge on any atom is 0.173 e. The Labute approximate surface area is 150 Å². The van der Waals surface area contributed by atoms with Crippen LogP contribution in [-0.4, -0.2) is 55.4 Å². The zero-order valence-corrected chi connectivity index (χ0v) is 15.7. The first-order valence-corrected chi connectivity index (χ1v) is 9.09. The zero-order chi connectivity index (χ0) is 17.5.